The molecule has 2 aliphatic rings. The number of benzene rings is 6. The van der Waals surface area contributed by atoms with Crippen molar-refractivity contribution in [1.82, 2.24) is 14.5 Å². The monoisotopic (exact) mass is 645 g/mol. The molecule has 49 heavy (non-hydrogen) atoms. The summed E-state index contributed by atoms with van der Waals surface area (Å²) in [6.07, 6.45) is 0. The Morgan fingerprint density at radius 3 is 2.00 bits per heavy atom. The van der Waals surface area contributed by atoms with Crippen molar-refractivity contribution in [3.63, 3.8) is 0 Å². The minimum atomic E-state index is -2.15. The van der Waals surface area contributed by atoms with Crippen LogP contribution in [0.25, 0.3) is 72.5 Å². The van der Waals surface area contributed by atoms with Crippen LogP contribution in [-0.4, -0.2) is 22.6 Å². The maximum atomic E-state index is 5.51. The van der Waals surface area contributed by atoms with E-state index in [4.69, 9.17) is 9.97 Å². The van der Waals surface area contributed by atoms with Crippen LogP contribution in [0, 0.1) is 0 Å². The van der Waals surface area contributed by atoms with Gasteiger partial charge in [0.05, 0.1) is 28.1 Å². The van der Waals surface area contributed by atoms with Crippen molar-refractivity contribution in [3.05, 3.63) is 151 Å². The molecule has 2 aromatic heterocycles. The van der Waals surface area contributed by atoms with E-state index in [1.165, 1.54) is 60.0 Å². The van der Waals surface area contributed by atoms with E-state index in [0.29, 0.717) is 0 Å². The summed E-state index contributed by atoms with van der Waals surface area (Å²) in [5.74, 6) is 0.769. The zero-order chi connectivity index (χ0) is 33.1. The fourth-order valence-corrected chi connectivity index (χ4v) is 12.2. The average Bonchev–Trinajstić information content (AvgIpc) is 3.69. The fraction of sp³-hybridized carbons (Fsp3) is 0.111. The molecular weight excluding hydrogens is 611 g/mol. The summed E-state index contributed by atoms with van der Waals surface area (Å²) in [5, 5.41) is 5.37. The van der Waals surface area contributed by atoms with E-state index in [9.17, 15) is 0 Å². The number of hydrogen-bond acceptors (Lipinski definition) is 2. The van der Waals surface area contributed by atoms with Crippen LogP contribution < -0.4 is 10.4 Å². The van der Waals surface area contributed by atoms with Crippen LogP contribution in [-0.2, 0) is 5.41 Å². The Morgan fingerprint density at radius 1 is 0.551 bits per heavy atom. The van der Waals surface area contributed by atoms with Crippen molar-refractivity contribution in [2.75, 3.05) is 0 Å². The lowest BCUT2D eigenvalue weighted by Gasteiger charge is -2.23. The number of para-hydroxylation sites is 2. The summed E-state index contributed by atoms with van der Waals surface area (Å²) in [7, 11) is -2.15. The van der Waals surface area contributed by atoms with Crippen LogP contribution in [0.2, 0.25) is 13.1 Å². The second-order valence-corrected chi connectivity index (χ2v) is 18.9. The van der Waals surface area contributed by atoms with E-state index in [-0.39, 0.29) is 5.41 Å². The lowest BCUT2D eigenvalue weighted by atomic mass is 9.80. The first-order chi connectivity index (χ1) is 23.9. The molecule has 234 valence electrons. The molecule has 0 amide bonds. The third-order valence-electron chi connectivity index (χ3n) is 11.2. The number of nitrogens with zero attached hydrogens (tertiary/aromatic N) is 3. The smallest absolute Gasteiger partial charge is 0.160 e. The summed E-state index contributed by atoms with van der Waals surface area (Å²) >= 11 is 0. The van der Waals surface area contributed by atoms with Crippen LogP contribution in [0.3, 0.4) is 0 Å². The van der Waals surface area contributed by atoms with Crippen molar-refractivity contribution < 1.29 is 0 Å². The van der Waals surface area contributed by atoms with Gasteiger partial charge in [0, 0.05) is 27.3 Å². The van der Waals surface area contributed by atoms with Gasteiger partial charge < -0.3 is 4.57 Å². The van der Waals surface area contributed by atoms with E-state index in [2.05, 4.69) is 171 Å². The highest BCUT2D eigenvalue weighted by Gasteiger charge is 2.42. The molecule has 0 saturated heterocycles. The van der Waals surface area contributed by atoms with Gasteiger partial charge in [-0.1, -0.05) is 148 Å². The van der Waals surface area contributed by atoms with Gasteiger partial charge in [0.2, 0.25) is 0 Å². The van der Waals surface area contributed by atoms with Crippen molar-refractivity contribution in [2.45, 2.75) is 32.4 Å². The third kappa shape index (κ3) is 3.78. The van der Waals surface area contributed by atoms with Crippen LogP contribution >= 0.6 is 0 Å². The second kappa shape index (κ2) is 9.97. The van der Waals surface area contributed by atoms with Crippen LogP contribution in [0.15, 0.2) is 140 Å². The van der Waals surface area contributed by atoms with E-state index >= 15 is 0 Å². The average molecular weight is 646 g/mol. The van der Waals surface area contributed by atoms with Gasteiger partial charge in [-0.3, -0.25) is 0 Å². The SMILES string of the molecule is CC1(C)c2ccccc2-c2ccc3c(c21)c1ccccc1n3-c1ccccc1-c1nc(-c2ccccc2)nc2c1[Si](C)(C)c1ccccc1-2. The second-order valence-electron chi connectivity index (χ2n) is 14.6. The Balaban J connectivity index is 1.31. The molecule has 8 aromatic rings. The molecule has 6 aromatic carbocycles. The van der Waals surface area contributed by atoms with E-state index in [1.807, 2.05) is 0 Å². The third-order valence-corrected chi connectivity index (χ3v) is 14.7. The van der Waals surface area contributed by atoms with Crippen LogP contribution in [0.1, 0.15) is 25.0 Å². The predicted octanol–water partition coefficient (Wildman–Crippen LogP) is 10.0. The van der Waals surface area contributed by atoms with Gasteiger partial charge in [0.15, 0.2) is 5.82 Å². The first-order valence-electron chi connectivity index (χ1n) is 17.2. The van der Waals surface area contributed by atoms with Gasteiger partial charge in [-0.2, -0.15) is 0 Å². The van der Waals surface area contributed by atoms with Crippen molar-refractivity contribution in [1.29, 1.82) is 0 Å². The predicted molar refractivity (Wildman–Crippen MR) is 207 cm³/mol. The molecule has 0 spiro atoms. The van der Waals surface area contributed by atoms with Gasteiger partial charge in [0.1, 0.15) is 8.07 Å². The Morgan fingerprint density at radius 2 is 1.18 bits per heavy atom. The maximum Gasteiger partial charge on any atom is 0.160 e. The highest BCUT2D eigenvalue weighted by atomic mass is 28.3. The Hall–Kier alpha value is -5.58. The van der Waals surface area contributed by atoms with Crippen molar-refractivity contribution in [2.24, 2.45) is 0 Å². The molecule has 0 saturated carbocycles. The summed E-state index contributed by atoms with van der Waals surface area (Å²) < 4.78 is 2.49. The first-order valence-corrected chi connectivity index (χ1v) is 20.2. The Labute approximate surface area is 287 Å². The molecule has 0 bridgehead atoms. The summed E-state index contributed by atoms with van der Waals surface area (Å²) in [4.78, 5) is 10.8. The van der Waals surface area contributed by atoms with E-state index in [1.54, 1.807) is 0 Å². The Kier molecular flexibility index (Phi) is 5.79. The molecule has 3 nitrogen and oxygen atoms in total. The fourth-order valence-electron chi connectivity index (χ4n) is 8.99. The maximum absolute atomic E-state index is 5.51. The van der Waals surface area contributed by atoms with E-state index < -0.39 is 8.07 Å². The van der Waals surface area contributed by atoms with Crippen molar-refractivity contribution in [3.8, 4) is 50.7 Å². The van der Waals surface area contributed by atoms with Crippen molar-refractivity contribution >= 4 is 40.3 Å². The quantitative estimate of drug-likeness (QED) is 0.179. The summed E-state index contributed by atoms with van der Waals surface area (Å²) in [6.45, 7) is 9.69. The first kappa shape index (κ1) is 28.4. The molecule has 0 fully saturated rings. The highest BCUT2D eigenvalue weighted by molar-refractivity contribution is 7.04. The number of aromatic nitrogens is 3. The Bertz CT molecular complexity index is 2660. The number of fused-ring (bicyclic) bond motifs is 10. The molecule has 10 rings (SSSR count). The molecule has 3 heterocycles. The molecule has 0 N–H and O–H groups in total. The highest BCUT2D eigenvalue weighted by Crippen LogP contribution is 2.53. The summed E-state index contributed by atoms with van der Waals surface area (Å²) in [6, 6.07) is 50.8. The minimum Gasteiger partial charge on any atom is -0.309 e. The van der Waals surface area contributed by atoms with E-state index in [0.717, 1.165) is 34.0 Å². The number of hydrogen-bond donors (Lipinski definition) is 0. The molecular formula is C45H35N3Si. The summed E-state index contributed by atoms with van der Waals surface area (Å²) in [5.41, 5.74) is 14.5. The minimum absolute atomic E-state index is 0.126. The zero-order valence-electron chi connectivity index (χ0n) is 28.1. The van der Waals surface area contributed by atoms with Crippen LogP contribution in [0.5, 0.6) is 0 Å². The standard InChI is InChI=1S/C45H35N3Si/c1-45(2)34-22-12-8-18-29(34)30-26-27-37-39(40(30)45)31-19-9-13-23-35(31)48(37)36-24-14-10-20-32(36)41-43-42(33-21-11-15-25-38(33)49(43,3)4)47-44(46-41)28-16-6-5-7-17-28/h5-27H,1-4H3. The molecule has 0 unspecified atom stereocenters. The normalized spacial score (nSPS) is 14.9. The van der Waals surface area contributed by atoms with Gasteiger partial charge in [-0.15, -0.1) is 0 Å². The lowest BCUT2D eigenvalue weighted by Crippen LogP contribution is -2.50. The zero-order valence-corrected chi connectivity index (χ0v) is 29.1. The van der Waals surface area contributed by atoms with Gasteiger partial charge >= 0.3 is 0 Å². The van der Waals surface area contributed by atoms with Crippen LogP contribution in [0.4, 0.5) is 0 Å². The van der Waals surface area contributed by atoms with Gasteiger partial charge in [0.25, 0.3) is 0 Å². The van der Waals surface area contributed by atoms with Gasteiger partial charge in [-0.05, 0) is 56.4 Å². The molecule has 0 radical (unpaired) electrons. The molecule has 4 heteroatoms. The molecule has 1 aliphatic heterocycles. The number of rotatable bonds is 3. The molecule has 1 aliphatic carbocycles. The molecule has 0 atom stereocenters. The van der Waals surface area contributed by atoms with Gasteiger partial charge in [-0.25, -0.2) is 9.97 Å². The topological polar surface area (TPSA) is 30.7 Å². The largest absolute Gasteiger partial charge is 0.309 e. The lowest BCUT2D eigenvalue weighted by molar-refractivity contribution is 0.666.